The first-order valence-corrected chi connectivity index (χ1v) is 4.93. The van der Waals surface area contributed by atoms with E-state index in [4.69, 9.17) is 4.74 Å². The molecule has 1 heterocycles. The van der Waals surface area contributed by atoms with Crippen molar-refractivity contribution in [1.82, 2.24) is 9.97 Å². The zero-order valence-electron chi connectivity index (χ0n) is 9.05. The summed E-state index contributed by atoms with van der Waals surface area (Å²) in [6.07, 6.45) is 4.26. The minimum atomic E-state index is -0.525. The molecule has 0 aromatic carbocycles. The summed E-state index contributed by atoms with van der Waals surface area (Å²) in [5, 5.41) is 13.3. The Kier molecular flexibility index (Phi) is 5.13. The molecular formula is C9H14N4O3. The van der Waals surface area contributed by atoms with Crippen LogP contribution in [0.25, 0.3) is 0 Å². The third-order valence-corrected chi connectivity index (χ3v) is 1.91. The molecule has 16 heavy (non-hydrogen) atoms. The van der Waals surface area contributed by atoms with E-state index in [0.717, 1.165) is 26.0 Å². The van der Waals surface area contributed by atoms with Crippen molar-refractivity contribution in [2.24, 2.45) is 0 Å². The normalized spacial score (nSPS) is 10.1. The van der Waals surface area contributed by atoms with E-state index in [9.17, 15) is 10.1 Å². The van der Waals surface area contributed by atoms with Crippen LogP contribution in [0.2, 0.25) is 0 Å². The lowest BCUT2D eigenvalue weighted by atomic mass is 10.3. The summed E-state index contributed by atoms with van der Waals surface area (Å²) >= 11 is 0. The van der Waals surface area contributed by atoms with Crippen LogP contribution in [-0.4, -0.2) is 35.2 Å². The number of hydrogen-bond acceptors (Lipinski definition) is 6. The Balaban J connectivity index is 2.29. The Morgan fingerprint density at radius 2 is 2.12 bits per heavy atom. The number of nitrogens with one attached hydrogen (secondary N) is 1. The van der Waals surface area contributed by atoms with Crippen LogP contribution in [-0.2, 0) is 4.74 Å². The zero-order chi connectivity index (χ0) is 11.8. The fourth-order valence-electron chi connectivity index (χ4n) is 1.08. The summed E-state index contributed by atoms with van der Waals surface area (Å²) in [6.45, 7) is 1.45. The molecule has 0 spiro atoms. The van der Waals surface area contributed by atoms with Gasteiger partial charge in [0.15, 0.2) is 0 Å². The SMILES string of the molecule is COCCCCNc1ncc([N+](=O)[O-])cn1. The van der Waals surface area contributed by atoms with Gasteiger partial charge >= 0.3 is 5.69 Å². The molecular weight excluding hydrogens is 212 g/mol. The number of unbranched alkanes of at least 4 members (excludes halogenated alkanes) is 1. The summed E-state index contributed by atoms with van der Waals surface area (Å²) in [6, 6.07) is 0. The second kappa shape index (κ2) is 6.67. The van der Waals surface area contributed by atoms with E-state index in [0.29, 0.717) is 5.95 Å². The first kappa shape index (κ1) is 12.3. The average molecular weight is 226 g/mol. The lowest BCUT2D eigenvalue weighted by Gasteiger charge is -2.03. The van der Waals surface area contributed by atoms with E-state index in [1.165, 1.54) is 12.4 Å². The average Bonchev–Trinajstić information content (AvgIpc) is 2.29. The van der Waals surface area contributed by atoms with Crippen LogP contribution in [0.3, 0.4) is 0 Å². The van der Waals surface area contributed by atoms with E-state index >= 15 is 0 Å². The molecule has 0 aliphatic rings. The first-order chi connectivity index (χ1) is 7.74. The number of nitro groups is 1. The fraction of sp³-hybridized carbons (Fsp3) is 0.556. The molecule has 0 amide bonds. The molecule has 0 saturated heterocycles. The van der Waals surface area contributed by atoms with Crippen molar-refractivity contribution < 1.29 is 9.66 Å². The molecule has 0 aliphatic heterocycles. The number of nitrogens with zero attached hydrogens (tertiary/aromatic N) is 3. The molecule has 1 N–H and O–H groups in total. The predicted molar refractivity (Wildman–Crippen MR) is 58.3 cm³/mol. The minimum Gasteiger partial charge on any atom is -0.385 e. The zero-order valence-corrected chi connectivity index (χ0v) is 9.05. The lowest BCUT2D eigenvalue weighted by Crippen LogP contribution is -2.06. The minimum absolute atomic E-state index is 0.107. The van der Waals surface area contributed by atoms with Gasteiger partial charge in [0.2, 0.25) is 5.95 Å². The number of ether oxygens (including phenoxy) is 1. The summed E-state index contributed by atoms with van der Waals surface area (Å²) in [5.74, 6) is 0.406. The highest BCUT2D eigenvalue weighted by molar-refractivity contribution is 5.30. The second-order valence-corrected chi connectivity index (χ2v) is 3.15. The smallest absolute Gasteiger partial charge is 0.305 e. The summed E-state index contributed by atoms with van der Waals surface area (Å²) < 4.78 is 4.90. The molecule has 0 radical (unpaired) electrons. The predicted octanol–water partition coefficient (Wildman–Crippen LogP) is 1.22. The van der Waals surface area contributed by atoms with Gasteiger partial charge in [0.05, 0.1) is 4.92 Å². The second-order valence-electron chi connectivity index (χ2n) is 3.15. The number of anilines is 1. The van der Waals surface area contributed by atoms with Crippen molar-refractivity contribution in [2.45, 2.75) is 12.8 Å². The molecule has 1 rings (SSSR count). The number of aromatic nitrogens is 2. The molecule has 1 aromatic heterocycles. The van der Waals surface area contributed by atoms with Crippen LogP contribution in [0.4, 0.5) is 11.6 Å². The van der Waals surface area contributed by atoms with Crippen LogP contribution in [0.1, 0.15) is 12.8 Å². The highest BCUT2D eigenvalue weighted by Gasteiger charge is 2.05. The van der Waals surface area contributed by atoms with Gasteiger partial charge < -0.3 is 10.1 Å². The topological polar surface area (TPSA) is 90.2 Å². The molecule has 0 fully saturated rings. The summed E-state index contributed by atoms with van der Waals surface area (Å²) in [4.78, 5) is 17.5. The van der Waals surface area contributed by atoms with Gasteiger partial charge in [-0.1, -0.05) is 0 Å². The third-order valence-electron chi connectivity index (χ3n) is 1.91. The van der Waals surface area contributed by atoms with Crippen molar-refractivity contribution in [3.05, 3.63) is 22.5 Å². The first-order valence-electron chi connectivity index (χ1n) is 4.93. The molecule has 0 aliphatic carbocycles. The van der Waals surface area contributed by atoms with Crippen LogP contribution in [0, 0.1) is 10.1 Å². The molecule has 0 saturated carbocycles. The number of methoxy groups -OCH3 is 1. The highest BCUT2D eigenvalue weighted by atomic mass is 16.6. The maximum atomic E-state index is 10.3. The van der Waals surface area contributed by atoms with Crippen molar-refractivity contribution in [1.29, 1.82) is 0 Å². The van der Waals surface area contributed by atoms with E-state index in [1.807, 2.05) is 0 Å². The summed E-state index contributed by atoms with van der Waals surface area (Å²) in [5.41, 5.74) is -0.107. The molecule has 0 unspecified atom stereocenters. The standard InChI is InChI=1S/C9H14N4O3/c1-16-5-3-2-4-10-9-11-6-8(7-12-9)13(14)15/h6-7H,2-5H2,1H3,(H,10,11,12). The lowest BCUT2D eigenvalue weighted by molar-refractivity contribution is -0.385. The number of hydrogen-bond donors (Lipinski definition) is 1. The van der Waals surface area contributed by atoms with Crippen molar-refractivity contribution in [3.8, 4) is 0 Å². The third kappa shape index (κ3) is 4.18. The molecule has 1 aromatic rings. The van der Waals surface area contributed by atoms with E-state index < -0.39 is 4.92 Å². The van der Waals surface area contributed by atoms with Gasteiger partial charge in [-0.15, -0.1) is 0 Å². The van der Waals surface area contributed by atoms with Crippen LogP contribution in [0.15, 0.2) is 12.4 Å². The molecule has 88 valence electrons. The van der Waals surface area contributed by atoms with Gasteiger partial charge in [0, 0.05) is 20.3 Å². The molecule has 7 heteroatoms. The Morgan fingerprint density at radius 1 is 1.44 bits per heavy atom. The monoisotopic (exact) mass is 226 g/mol. The highest BCUT2D eigenvalue weighted by Crippen LogP contribution is 2.07. The quantitative estimate of drug-likeness (QED) is 0.427. The maximum Gasteiger partial charge on any atom is 0.305 e. The largest absolute Gasteiger partial charge is 0.385 e. The Labute approximate surface area is 93.0 Å². The fourth-order valence-corrected chi connectivity index (χ4v) is 1.08. The van der Waals surface area contributed by atoms with Gasteiger partial charge in [0.1, 0.15) is 12.4 Å². The van der Waals surface area contributed by atoms with Crippen molar-refractivity contribution >= 4 is 11.6 Å². The molecule has 7 nitrogen and oxygen atoms in total. The molecule has 0 bridgehead atoms. The van der Waals surface area contributed by atoms with Crippen LogP contribution in [0.5, 0.6) is 0 Å². The Morgan fingerprint density at radius 3 is 2.69 bits per heavy atom. The number of rotatable bonds is 7. The Hall–Kier alpha value is -1.76. The van der Waals surface area contributed by atoms with Gasteiger partial charge in [0.25, 0.3) is 0 Å². The maximum absolute atomic E-state index is 10.3. The van der Waals surface area contributed by atoms with E-state index in [-0.39, 0.29) is 5.69 Å². The Bertz CT molecular complexity index is 328. The van der Waals surface area contributed by atoms with Gasteiger partial charge in [-0.05, 0) is 12.8 Å². The summed E-state index contributed by atoms with van der Waals surface area (Å²) in [7, 11) is 1.66. The van der Waals surface area contributed by atoms with E-state index in [1.54, 1.807) is 7.11 Å². The van der Waals surface area contributed by atoms with E-state index in [2.05, 4.69) is 15.3 Å². The van der Waals surface area contributed by atoms with Crippen molar-refractivity contribution in [3.63, 3.8) is 0 Å². The van der Waals surface area contributed by atoms with Crippen LogP contribution < -0.4 is 5.32 Å². The molecule has 0 atom stereocenters. The van der Waals surface area contributed by atoms with Gasteiger partial charge in [-0.25, -0.2) is 9.97 Å². The van der Waals surface area contributed by atoms with Crippen molar-refractivity contribution in [2.75, 3.05) is 25.6 Å². The van der Waals surface area contributed by atoms with Gasteiger partial charge in [-0.3, -0.25) is 10.1 Å². The van der Waals surface area contributed by atoms with Gasteiger partial charge in [-0.2, -0.15) is 0 Å². The van der Waals surface area contributed by atoms with Crippen LogP contribution >= 0.6 is 0 Å².